The van der Waals surface area contributed by atoms with Crippen LogP contribution in [-0.4, -0.2) is 16.9 Å². The molecule has 13 heavy (non-hydrogen) atoms. The van der Waals surface area contributed by atoms with E-state index in [0.717, 1.165) is 29.7 Å². The lowest BCUT2D eigenvalue weighted by molar-refractivity contribution is 0.195. The summed E-state index contributed by atoms with van der Waals surface area (Å²) in [6, 6.07) is 0. The Bertz CT molecular complexity index is 278. The number of aliphatic hydroxyl groups is 1. The Hall–Kier alpha value is -0.890. The van der Waals surface area contributed by atoms with Crippen LogP contribution in [0.4, 0.5) is 0 Å². The van der Waals surface area contributed by atoms with Gasteiger partial charge >= 0.3 is 0 Å². The fourth-order valence-corrected chi connectivity index (χ4v) is 1.28. The molecule has 0 aromatic heterocycles. The third kappa shape index (κ3) is 2.52. The Kier molecular flexibility index (Phi) is 2.71. The standard InChI is InChI=1S/C11H17NO/c1-8(2)10(7-12-9(3)4)11(13)5-6-11/h7,13H,3,5-6H2,1-2,4H3/b12-7-. The fraction of sp³-hybridized carbons (Fsp3) is 0.545. The fourth-order valence-electron chi connectivity index (χ4n) is 1.28. The van der Waals surface area contributed by atoms with Crippen LogP contribution in [0.1, 0.15) is 33.6 Å². The molecule has 1 aliphatic rings. The van der Waals surface area contributed by atoms with Crippen molar-refractivity contribution in [2.45, 2.75) is 39.2 Å². The van der Waals surface area contributed by atoms with Gasteiger partial charge in [-0.2, -0.15) is 0 Å². The molecule has 72 valence electrons. The van der Waals surface area contributed by atoms with Crippen molar-refractivity contribution in [1.82, 2.24) is 0 Å². The van der Waals surface area contributed by atoms with E-state index in [0.29, 0.717) is 0 Å². The lowest BCUT2D eigenvalue weighted by Gasteiger charge is -2.10. The zero-order valence-electron chi connectivity index (χ0n) is 8.59. The second-order valence-corrected chi connectivity index (χ2v) is 3.94. The minimum absolute atomic E-state index is 0.586. The summed E-state index contributed by atoms with van der Waals surface area (Å²) in [5.74, 6) is 0. The summed E-state index contributed by atoms with van der Waals surface area (Å²) in [6.45, 7) is 9.52. The Morgan fingerprint density at radius 1 is 1.38 bits per heavy atom. The van der Waals surface area contributed by atoms with E-state index < -0.39 is 5.60 Å². The van der Waals surface area contributed by atoms with E-state index in [2.05, 4.69) is 11.6 Å². The molecule has 2 heteroatoms. The highest BCUT2D eigenvalue weighted by Crippen LogP contribution is 2.42. The van der Waals surface area contributed by atoms with Gasteiger partial charge in [0.05, 0.1) is 5.60 Å². The smallest absolute Gasteiger partial charge is 0.0913 e. The largest absolute Gasteiger partial charge is 0.385 e. The molecule has 0 unspecified atom stereocenters. The molecule has 1 rings (SSSR count). The van der Waals surface area contributed by atoms with Crippen LogP contribution in [0.5, 0.6) is 0 Å². The Labute approximate surface area is 79.7 Å². The molecule has 0 radical (unpaired) electrons. The van der Waals surface area contributed by atoms with Crippen LogP contribution in [0.15, 0.2) is 28.4 Å². The first-order chi connectivity index (χ1) is 5.96. The van der Waals surface area contributed by atoms with E-state index in [-0.39, 0.29) is 0 Å². The summed E-state index contributed by atoms with van der Waals surface area (Å²) in [7, 11) is 0. The predicted octanol–water partition coefficient (Wildman–Crippen LogP) is 2.45. The van der Waals surface area contributed by atoms with Crippen molar-refractivity contribution >= 4 is 6.21 Å². The van der Waals surface area contributed by atoms with E-state index in [1.54, 1.807) is 6.21 Å². The number of hydrogen-bond donors (Lipinski definition) is 1. The van der Waals surface area contributed by atoms with Crippen molar-refractivity contribution in [1.29, 1.82) is 0 Å². The number of nitrogens with zero attached hydrogens (tertiary/aromatic N) is 1. The SMILES string of the molecule is C=C(C)/N=C\C(=C(C)C)C1(O)CC1. The summed E-state index contributed by atoms with van der Waals surface area (Å²) in [5, 5.41) is 9.89. The number of rotatable bonds is 3. The lowest BCUT2D eigenvalue weighted by Crippen LogP contribution is -2.13. The minimum atomic E-state index is -0.586. The van der Waals surface area contributed by atoms with Gasteiger partial charge in [0.25, 0.3) is 0 Å². The van der Waals surface area contributed by atoms with E-state index in [4.69, 9.17) is 0 Å². The van der Waals surface area contributed by atoms with Gasteiger partial charge in [-0.3, -0.25) is 4.99 Å². The van der Waals surface area contributed by atoms with Crippen molar-refractivity contribution in [2.24, 2.45) is 4.99 Å². The molecule has 2 nitrogen and oxygen atoms in total. The van der Waals surface area contributed by atoms with Crippen molar-refractivity contribution in [3.8, 4) is 0 Å². The van der Waals surface area contributed by atoms with Crippen LogP contribution < -0.4 is 0 Å². The summed E-state index contributed by atoms with van der Waals surface area (Å²) in [5.41, 5.74) is 2.26. The lowest BCUT2D eigenvalue weighted by atomic mass is 10.0. The molecule has 0 saturated heterocycles. The Morgan fingerprint density at radius 2 is 1.92 bits per heavy atom. The molecule has 1 saturated carbocycles. The first-order valence-corrected chi connectivity index (χ1v) is 4.55. The van der Waals surface area contributed by atoms with Crippen LogP contribution in [0, 0.1) is 0 Å². The Balaban J connectivity index is 2.83. The maximum atomic E-state index is 9.89. The van der Waals surface area contributed by atoms with Gasteiger partial charge in [0.2, 0.25) is 0 Å². The first kappa shape index (κ1) is 10.2. The zero-order chi connectivity index (χ0) is 10.1. The molecule has 0 aromatic rings. The monoisotopic (exact) mass is 179 g/mol. The normalized spacial score (nSPS) is 18.8. The van der Waals surface area contributed by atoms with Gasteiger partial charge in [-0.05, 0) is 33.6 Å². The van der Waals surface area contributed by atoms with Gasteiger partial charge in [0.15, 0.2) is 0 Å². The van der Waals surface area contributed by atoms with Gasteiger partial charge < -0.3 is 5.11 Å². The number of hydrogen-bond acceptors (Lipinski definition) is 2. The molecule has 1 N–H and O–H groups in total. The highest BCUT2D eigenvalue weighted by Gasteiger charge is 2.43. The van der Waals surface area contributed by atoms with Gasteiger partial charge in [-0.15, -0.1) is 0 Å². The van der Waals surface area contributed by atoms with Crippen molar-refractivity contribution < 1.29 is 5.11 Å². The molecule has 0 spiro atoms. The highest BCUT2D eigenvalue weighted by molar-refractivity contribution is 5.84. The van der Waals surface area contributed by atoms with Gasteiger partial charge in [-0.1, -0.05) is 12.2 Å². The molecule has 1 aliphatic carbocycles. The van der Waals surface area contributed by atoms with Gasteiger partial charge in [0, 0.05) is 17.5 Å². The molecule has 0 bridgehead atoms. The van der Waals surface area contributed by atoms with E-state index in [9.17, 15) is 5.11 Å². The van der Waals surface area contributed by atoms with E-state index in [1.165, 1.54) is 0 Å². The highest BCUT2D eigenvalue weighted by atomic mass is 16.3. The van der Waals surface area contributed by atoms with Crippen LogP contribution in [0.25, 0.3) is 0 Å². The average molecular weight is 179 g/mol. The molecule has 0 atom stereocenters. The first-order valence-electron chi connectivity index (χ1n) is 4.55. The summed E-state index contributed by atoms with van der Waals surface area (Å²) >= 11 is 0. The number of allylic oxidation sites excluding steroid dienone is 2. The van der Waals surface area contributed by atoms with Crippen LogP contribution >= 0.6 is 0 Å². The van der Waals surface area contributed by atoms with Crippen LogP contribution in [0.3, 0.4) is 0 Å². The predicted molar refractivity (Wildman–Crippen MR) is 55.9 cm³/mol. The van der Waals surface area contributed by atoms with Crippen molar-refractivity contribution in [3.05, 3.63) is 23.4 Å². The van der Waals surface area contributed by atoms with Gasteiger partial charge in [-0.25, -0.2) is 0 Å². The molecule has 0 aliphatic heterocycles. The van der Waals surface area contributed by atoms with Crippen molar-refractivity contribution in [2.75, 3.05) is 0 Å². The summed E-state index contributed by atoms with van der Waals surface area (Å²) in [6.07, 6.45) is 3.45. The second kappa shape index (κ2) is 3.46. The zero-order valence-corrected chi connectivity index (χ0v) is 8.59. The third-order valence-corrected chi connectivity index (χ3v) is 2.18. The maximum absolute atomic E-state index is 9.89. The molecule has 0 heterocycles. The molecule has 1 fully saturated rings. The van der Waals surface area contributed by atoms with Gasteiger partial charge in [0.1, 0.15) is 0 Å². The van der Waals surface area contributed by atoms with Crippen LogP contribution in [0.2, 0.25) is 0 Å². The minimum Gasteiger partial charge on any atom is -0.385 e. The molecular formula is C11H17NO. The maximum Gasteiger partial charge on any atom is 0.0913 e. The topological polar surface area (TPSA) is 32.6 Å². The molecule has 0 aromatic carbocycles. The molecule has 0 amide bonds. The second-order valence-electron chi connectivity index (χ2n) is 3.94. The van der Waals surface area contributed by atoms with E-state index in [1.807, 2.05) is 20.8 Å². The number of aliphatic imine (C=N–C) groups is 1. The van der Waals surface area contributed by atoms with Crippen molar-refractivity contribution in [3.63, 3.8) is 0 Å². The summed E-state index contributed by atoms with van der Waals surface area (Å²) < 4.78 is 0. The van der Waals surface area contributed by atoms with Crippen LogP contribution in [-0.2, 0) is 0 Å². The average Bonchev–Trinajstić information content (AvgIpc) is 2.67. The van der Waals surface area contributed by atoms with E-state index >= 15 is 0 Å². The Morgan fingerprint density at radius 3 is 2.23 bits per heavy atom. The quantitative estimate of drug-likeness (QED) is 0.663. The summed E-state index contributed by atoms with van der Waals surface area (Å²) in [4.78, 5) is 4.12. The molecular weight excluding hydrogens is 162 g/mol. The third-order valence-electron chi connectivity index (χ3n) is 2.18.